The van der Waals surface area contributed by atoms with Gasteiger partial charge in [0.1, 0.15) is 5.84 Å². The molecule has 0 saturated heterocycles. The largest absolute Gasteiger partial charge is 0.383 e. The molecule has 0 radical (unpaired) electrons. The van der Waals surface area contributed by atoms with Gasteiger partial charge in [-0.3, -0.25) is 9.79 Å². The number of hydrogen-bond acceptors (Lipinski definition) is 2. The molecule has 0 spiro atoms. The molecule has 0 bridgehead atoms. The fourth-order valence-corrected chi connectivity index (χ4v) is 0.900. The van der Waals surface area contributed by atoms with E-state index in [0.29, 0.717) is 11.4 Å². The van der Waals surface area contributed by atoms with E-state index in [1.165, 1.54) is 6.92 Å². The van der Waals surface area contributed by atoms with Gasteiger partial charge in [-0.25, -0.2) is 0 Å². The van der Waals surface area contributed by atoms with Crippen LogP contribution in [-0.4, -0.2) is 18.7 Å². The number of Topliss-reactive ketones (excluding diaryl/α,β-unsaturated/α-hetero) is 1. The number of nitrogens with zero attached hydrogens (tertiary/aromatic N) is 1. The average Bonchev–Trinajstić information content (AvgIpc) is 1.85. The summed E-state index contributed by atoms with van der Waals surface area (Å²) in [7, 11) is 1.57. The van der Waals surface area contributed by atoms with Gasteiger partial charge in [-0.15, -0.1) is 0 Å². The molecule has 2 N–H and O–H groups in total. The van der Waals surface area contributed by atoms with E-state index in [9.17, 15) is 4.79 Å². The fraction of sp³-hybridized carbons (Fsp3) is 0.500. The van der Waals surface area contributed by atoms with Crippen LogP contribution >= 0.6 is 0 Å². The minimum Gasteiger partial charge on any atom is -0.383 e. The first-order valence-corrected chi connectivity index (χ1v) is 3.41. The lowest BCUT2D eigenvalue weighted by Crippen LogP contribution is -2.20. The van der Waals surface area contributed by atoms with Crippen molar-refractivity contribution in [3.63, 3.8) is 0 Å². The molecule has 0 aliphatic heterocycles. The Morgan fingerprint density at radius 2 is 1.73 bits per heavy atom. The molecule has 0 amide bonds. The third-order valence-corrected chi connectivity index (χ3v) is 1.35. The van der Waals surface area contributed by atoms with Crippen molar-refractivity contribution in [2.45, 2.75) is 20.8 Å². The number of allylic oxidation sites excluding steroid dienone is 1. The Bertz CT molecular complexity index is 222. The molecule has 0 aromatic carbocycles. The predicted molar refractivity (Wildman–Crippen MR) is 46.6 cm³/mol. The molecule has 0 atom stereocenters. The second-order valence-electron chi connectivity index (χ2n) is 2.54. The maximum absolute atomic E-state index is 11.0. The Hall–Kier alpha value is -1.12. The molecule has 3 heteroatoms. The number of hydrogen-bond donors (Lipinski definition) is 1. The van der Waals surface area contributed by atoms with Crippen molar-refractivity contribution in [2.75, 3.05) is 7.05 Å². The highest BCUT2D eigenvalue weighted by Crippen LogP contribution is 2.04. The summed E-state index contributed by atoms with van der Waals surface area (Å²) in [6, 6.07) is 0. The van der Waals surface area contributed by atoms with E-state index in [2.05, 4.69) is 4.99 Å². The number of aliphatic imine (C=N–C) groups is 1. The van der Waals surface area contributed by atoms with Gasteiger partial charge in [0.15, 0.2) is 5.78 Å². The van der Waals surface area contributed by atoms with Gasteiger partial charge in [0.25, 0.3) is 0 Å². The van der Waals surface area contributed by atoms with Gasteiger partial charge in [-0.05, 0) is 20.8 Å². The lowest BCUT2D eigenvalue weighted by Gasteiger charge is -2.03. The number of nitrogens with two attached hydrogens (primary N) is 1. The predicted octanol–water partition coefficient (Wildman–Crippen LogP) is 0.899. The monoisotopic (exact) mass is 154 g/mol. The van der Waals surface area contributed by atoms with E-state index in [4.69, 9.17) is 5.73 Å². The Balaban J connectivity index is 4.95. The first-order chi connectivity index (χ1) is 5.00. The molecule has 0 aromatic rings. The molecule has 0 aliphatic carbocycles. The van der Waals surface area contributed by atoms with E-state index in [0.717, 1.165) is 5.57 Å². The van der Waals surface area contributed by atoms with Gasteiger partial charge in [-0.1, -0.05) is 5.57 Å². The summed E-state index contributed by atoms with van der Waals surface area (Å²) in [5.74, 6) is 0.283. The van der Waals surface area contributed by atoms with Crippen molar-refractivity contribution in [3.05, 3.63) is 11.1 Å². The zero-order chi connectivity index (χ0) is 9.02. The van der Waals surface area contributed by atoms with Gasteiger partial charge in [0, 0.05) is 7.05 Å². The fourth-order valence-electron chi connectivity index (χ4n) is 0.900. The highest BCUT2D eigenvalue weighted by Gasteiger charge is 2.08. The van der Waals surface area contributed by atoms with Crippen molar-refractivity contribution in [3.8, 4) is 0 Å². The summed E-state index contributed by atoms with van der Waals surface area (Å²) in [6.45, 7) is 5.17. The van der Waals surface area contributed by atoms with Gasteiger partial charge in [0.05, 0.1) is 5.57 Å². The topological polar surface area (TPSA) is 55.4 Å². The van der Waals surface area contributed by atoms with Crippen LogP contribution in [0.2, 0.25) is 0 Å². The quantitative estimate of drug-likeness (QED) is 0.365. The van der Waals surface area contributed by atoms with Gasteiger partial charge in [-0.2, -0.15) is 0 Å². The zero-order valence-electron chi connectivity index (χ0n) is 7.43. The second kappa shape index (κ2) is 3.91. The molecule has 0 fully saturated rings. The summed E-state index contributed by atoms with van der Waals surface area (Å²) < 4.78 is 0. The molecule has 0 rings (SSSR count). The van der Waals surface area contributed by atoms with Crippen molar-refractivity contribution in [2.24, 2.45) is 10.7 Å². The molecule has 62 valence electrons. The van der Waals surface area contributed by atoms with E-state index < -0.39 is 0 Å². The number of ketones is 1. The molecular weight excluding hydrogens is 140 g/mol. The third kappa shape index (κ3) is 2.53. The van der Waals surface area contributed by atoms with Crippen LogP contribution in [0.4, 0.5) is 0 Å². The van der Waals surface area contributed by atoms with Crippen LogP contribution < -0.4 is 5.73 Å². The van der Waals surface area contributed by atoms with Crippen molar-refractivity contribution in [1.82, 2.24) is 0 Å². The van der Waals surface area contributed by atoms with E-state index in [1.807, 2.05) is 13.8 Å². The maximum atomic E-state index is 11.0. The molecule has 0 aliphatic rings. The van der Waals surface area contributed by atoms with Crippen LogP contribution in [-0.2, 0) is 4.79 Å². The molecule has 0 saturated carbocycles. The first-order valence-electron chi connectivity index (χ1n) is 3.41. The Morgan fingerprint density at radius 1 is 1.27 bits per heavy atom. The summed E-state index contributed by atoms with van der Waals surface area (Å²) in [4.78, 5) is 14.7. The molecule has 0 heterocycles. The molecule has 0 aromatic heterocycles. The van der Waals surface area contributed by atoms with Crippen molar-refractivity contribution in [1.29, 1.82) is 0 Å². The summed E-state index contributed by atoms with van der Waals surface area (Å²) in [5, 5.41) is 0. The van der Waals surface area contributed by atoms with Gasteiger partial charge >= 0.3 is 0 Å². The van der Waals surface area contributed by atoms with E-state index >= 15 is 0 Å². The van der Waals surface area contributed by atoms with Crippen LogP contribution in [0.3, 0.4) is 0 Å². The number of amidine groups is 1. The highest BCUT2D eigenvalue weighted by atomic mass is 16.1. The minimum absolute atomic E-state index is 0.0342. The number of rotatable bonds is 2. The summed E-state index contributed by atoms with van der Waals surface area (Å²) in [6.07, 6.45) is 0. The van der Waals surface area contributed by atoms with Crippen LogP contribution in [0.25, 0.3) is 0 Å². The number of carbonyl (C=O) groups excluding carboxylic acids is 1. The van der Waals surface area contributed by atoms with Crippen molar-refractivity contribution < 1.29 is 4.79 Å². The highest BCUT2D eigenvalue weighted by molar-refractivity contribution is 6.20. The SMILES string of the molecule is CN=C(N)C(C(C)=O)=C(C)C. The molecule has 11 heavy (non-hydrogen) atoms. The smallest absolute Gasteiger partial charge is 0.163 e. The van der Waals surface area contributed by atoms with E-state index in [-0.39, 0.29) is 5.78 Å². The number of carbonyl (C=O) groups is 1. The molecular formula is C8H14N2O. The molecule has 0 unspecified atom stereocenters. The van der Waals surface area contributed by atoms with Gasteiger partial charge < -0.3 is 5.73 Å². The van der Waals surface area contributed by atoms with Crippen LogP contribution in [0, 0.1) is 0 Å². The Kier molecular flexibility index (Phi) is 3.51. The van der Waals surface area contributed by atoms with E-state index in [1.54, 1.807) is 7.05 Å². The van der Waals surface area contributed by atoms with Crippen LogP contribution in [0.5, 0.6) is 0 Å². The lowest BCUT2D eigenvalue weighted by atomic mass is 10.1. The normalized spacial score (nSPS) is 11.1. The third-order valence-electron chi connectivity index (χ3n) is 1.35. The minimum atomic E-state index is -0.0342. The molecule has 3 nitrogen and oxygen atoms in total. The summed E-state index contributed by atoms with van der Waals surface area (Å²) >= 11 is 0. The van der Waals surface area contributed by atoms with Crippen molar-refractivity contribution >= 4 is 11.6 Å². The summed E-state index contributed by atoms with van der Waals surface area (Å²) in [5.41, 5.74) is 6.93. The Morgan fingerprint density at radius 3 is 1.82 bits per heavy atom. The first kappa shape index (κ1) is 9.88. The lowest BCUT2D eigenvalue weighted by molar-refractivity contribution is -0.113. The average molecular weight is 154 g/mol. The zero-order valence-corrected chi connectivity index (χ0v) is 7.43. The maximum Gasteiger partial charge on any atom is 0.163 e. The van der Waals surface area contributed by atoms with Gasteiger partial charge in [0.2, 0.25) is 0 Å². The van der Waals surface area contributed by atoms with Crippen LogP contribution in [0.15, 0.2) is 16.1 Å². The second-order valence-corrected chi connectivity index (χ2v) is 2.54. The van der Waals surface area contributed by atoms with Crippen LogP contribution in [0.1, 0.15) is 20.8 Å². The standard InChI is InChI=1S/C8H14N2O/c1-5(2)7(6(3)11)8(9)10-4/h1-4H3,(H2,9,10). The Labute approximate surface area is 67.0 Å².